The number of aliphatic hydroxyl groups is 1. The van der Waals surface area contributed by atoms with Crippen LogP contribution in [0.4, 0.5) is 8.78 Å². The quantitative estimate of drug-likeness (QED) is 0.534. The Morgan fingerprint density at radius 2 is 1.33 bits per heavy atom. The fourth-order valence-corrected chi connectivity index (χ4v) is 5.22. The molecule has 0 aliphatic carbocycles. The smallest absolute Gasteiger partial charge is 0.264 e. The van der Waals surface area contributed by atoms with Gasteiger partial charge in [0.15, 0.2) is 5.54 Å². The van der Waals surface area contributed by atoms with E-state index in [0.29, 0.717) is 30.5 Å². The zero-order chi connectivity index (χ0) is 25.2. The zero-order valence-electron chi connectivity index (χ0n) is 20.0. The number of benzene rings is 3. The van der Waals surface area contributed by atoms with E-state index in [-0.39, 0.29) is 5.91 Å². The van der Waals surface area contributed by atoms with Gasteiger partial charge in [-0.3, -0.25) is 4.79 Å². The van der Waals surface area contributed by atoms with Crippen molar-refractivity contribution in [1.29, 1.82) is 0 Å². The van der Waals surface area contributed by atoms with Gasteiger partial charge in [0.2, 0.25) is 0 Å². The Balaban J connectivity index is 1.23. The molecule has 1 fully saturated rings. The average Bonchev–Trinajstić information content (AvgIpc) is 3.23. The first-order valence-electron chi connectivity index (χ1n) is 12.3. The predicted molar refractivity (Wildman–Crippen MR) is 134 cm³/mol. The van der Waals surface area contributed by atoms with E-state index in [2.05, 4.69) is 9.89 Å². The molecular weight excluding hydrogens is 460 g/mol. The van der Waals surface area contributed by atoms with E-state index in [4.69, 9.17) is 0 Å². The maximum Gasteiger partial charge on any atom is 0.264 e. The number of amides is 1. The average molecular weight is 490 g/mol. The topological polar surface area (TPSA) is 56.1 Å². The molecule has 0 aromatic heterocycles. The van der Waals surface area contributed by atoms with Gasteiger partial charge in [0, 0.05) is 19.6 Å². The number of hydrogen-bond donors (Lipinski definition) is 1. The lowest BCUT2D eigenvalue weighted by molar-refractivity contribution is -0.130. The Labute approximate surface area is 209 Å². The van der Waals surface area contributed by atoms with Gasteiger partial charge in [0.05, 0.1) is 11.9 Å². The molecule has 0 radical (unpaired) electrons. The van der Waals surface area contributed by atoms with E-state index in [1.54, 1.807) is 35.5 Å². The van der Waals surface area contributed by atoms with Gasteiger partial charge in [-0.1, -0.05) is 54.6 Å². The van der Waals surface area contributed by atoms with Crippen LogP contribution < -0.4 is 0 Å². The van der Waals surface area contributed by atoms with Crippen LogP contribution in [0, 0.1) is 11.6 Å². The van der Waals surface area contributed by atoms with Crippen molar-refractivity contribution >= 4 is 12.2 Å². The molecule has 0 atom stereocenters. The van der Waals surface area contributed by atoms with Gasteiger partial charge < -0.3 is 14.9 Å². The lowest BCUT2D eigenvalue weighted by Crippen LogP contribution is -2.44. The lowest BCUT2D eigenvalue weighted by Gasteiger charge is -2.38. The zero-order valence-corrected chi connectivity index (χ0v) is 20.0. The Morgan fingerprint density at radius 1 is 0.778 bits per heavy atom. The number of carbonyl (C=O) groups excluding carboxylic acids is 1. The summed E-state index contributed by atoms with van der Waals surface area (Å²) in [5.74, 6) is -1.04. The molecule has 0 unspecified atom stereocenters. The highest BCUT2D eigenvalue weighted by Gasteiger charge is 2.47. The van der Waals surface area contributed by atoms with Crippen LogP contribution in [0.1, 0.15) is 36.0 Å². The lowest BCUT2D eigenvalue weighted by atomic mass is 9.82. The molecule has 0 saturated carbocycles. The number of likely N-dealkylation sites (tertiary alicyclic amines) is 1. The molecule has 2 aliphatic rings. The Morgan fingerprint density at radius 3 is 1.89 bits per heavy atom. The molecule has 3 aromatic carbocycles. The van der Waals surface area contributed by atoms with E-state index in [1.807, 2.05) is 30.3 Å². The van der Waals surface area contributed by atoms with E-state index in [9.17, 15) is 18.7 Å². The van der Waals surface area contributed by atoms with Crippen LogP contribution in [-0.4, -0.2) is 53.3 Å². The molecule has 3 aromatic rings. The number of piperidine rings is 1. The second-order valence-electron chi connectivity index (χ2n) is 9.56. The molecule has 2 heterocycles. The van der Waals surface area contributed by atoms with Crippen LogP contribution in [0.3, 0.4) is 0 Å². The van der Waals surface area contributed by atoms with Crippen LogP contribution in [0.15, 0.2) is 83.9 Å². The maximum atomic E-state index is 13.7. The van der Waals surface area contributed by atoms with Crippen LogP contribution in [0.25, 0.3) is 0 Å². The summed E-state index contributed by atoms with van der Waals surface area (Å²) in [6, 6.07) is 21.2. The molecule has 0 bridgehead atoms. The first-order valence-corrected chi connectivity index (χ1v) is 12.3. The first-order chi connectivity index (χ1) is 17.4. The van der Waals surface area contributed by atoms with Crippen molar-refractivity contribution in [3.63, 3.8) is 0 Å². The minimum absolute atomic E-state index is 0.238. The van der Waals surface area contributed by atoms with Gasteiger partial charge in [0.1, 0.15) is 11.6 Å². The van der Waals surface area contributed by atoms with Crippen molar-refractivity contribution in [1.82, 2.24) is 9.80 Å². The summed E-state index contributed by atoms with van der Waals surface area (Å²) >= 11 is 0. The molecule has 186 valence electrons. The second kappa shape index (κ2) is 9.91. The molecule has 2 aliphatic heterocycles. The van der Waals surface area contributed by atoms with Crippen LogP contribution in [0.5, 0.6) is 0 Å². The number of carbonyl (C=O) groups is 1. The van der Waals surface area contributed by atoms with Crippen molar-refractivity contribution < 1.29 is 18.7 Å². The number of aliphatic imine (C=N–C) groups is 1. The standard InChI is InChI=1S/C29H29F2N3O2/c30-25-11-7-23(8-12-25)29(24-9-13-26(31)14-10-24)27(35)34(21-32-29)18-4-17-33-19-15-28(36,16-20-33)22-5-2-1-3-6-22/h1-3,5-14,21,36H,4,15-20H2. The first kappa shape index (κ1) is 24.3. The van der Waals surface area contributed by atoms with Gasteiger partial charge in [-0.15, -0.1) is 0 Å². The third kappa shape index (κ3) is 4.56. The number of nitrogens with zero attached hydrogens (tertiary/aromatic N) is 3. The fraction of sp³-hybridized carbons (Fsp3) is 0.310. The summed E-state index contributed by atoms with van der Waals surface area (Å²) in [7, 11) is 0. The van der Waals surface area contributed by atoms with Crippen LogP contribution in [0.2, 0.25) is 0 Å². The third-order valence-corrected chi connectivity index (χ3v) is 7.35. The number of halogens is 2. The minimum Gasteiger partial charge on any atom is -0.385 e. The molecule has 0 spiro atoms. The normalized spacial score (nSPS) is 19.1. The summed E-state index contributed by atoms with van der Waals surface area (Å²) in [5.41, 5.74) is -0.120. The van der Waals surface area contributed by atoms with Crippen molar-refractivity contribution in [2.45, 2.75) is 30.4 Å². The predicted octanol–water partition coefficient (Wildman–Crippen LogP) is 4.45. The van der Waals surface area contributed by atoms with Gasteiger partial charge in [-0.2, -0.15) is 0 Å². The van der Waals surface area contributed by atoms with E-state index < -0.39 is 22.8 Å². The molecule has 7 heteroatoms. The van der Waals surface area contributed by atoms with Crippen molar-refractivity contribution in [2.24, 2.45) is 4.99 Å². The Bertz CT molecular complexity index is 1180. The van der Waals surface area contributed by atoms with E-state index in [1.165, 1.54) is 24.3 Å². The van der Waals surface area contributed by atoms with Gasteiger partial charge in [0.25, 0.3) is 5.91 Å². The Kier molecular flexibility index (Phi) is 6.69. The highest BCUT2D eigenvalue weighted by atomic mass is 19.1. The maximum absolute atomic E-state index is 13.7. The summed E-state index contributed by atoms with van der Waals surface area (Å²) in [5, 5.41) is 11.1. The number of rotatable bonds is 7. The minimum atomic E-state index is -1.36. The van der Waals surface area contributed by atoms with Crippen LogP contribution in [-0.2, 0) is 15.9 Å². The Hall–Kier alpha value is -3.42. The highest BCUT2D eigenvalue weighted by Crippen LogP contribution is 2.39. The molecule has 36 heavy (non-hydrogen) atoms. The van der Waals surface area contributed by atoms with Gasteiger partial charge in [-0.05, 0) is 66.8 Å². The summed E-state index contributed by atoms with van der Waals surface area (Å²) in [4.78, 5) is 22.2. The molecule has 1 N–H and O–H groups in total. The fourth-order valence-electron chi connectivity index (χ4n) is 5.22. The molecule has 1 saturated heterocycles. The molecule has 5 nitrogen and oxygen atoms in total. The third-order valence-electron chi connectivity index (χ3n) is 7.35. The SMILES string of the molecule is O=C1N(CCCN2CCC(O)(c3ccccc3)CC2)C=NC1(c1ccc(F)cc1)c1ccc(F)cc1. The summed E-state index contributed by atoms with van der Waals surface area (Å²) < 4.78 is 27.2. The van der Waals surface area contributed by atoms with Crippen molar-refractivity contribution in [2.75, 3.05) is 26.2 Å². The second-order valence-corrected chi connectivity index (χ2v) is 9.56. The summed E-state index contributed by atoms with van der Waals surface area (Å²) in [6.45, 7) is 2.83. The van der Waals surface area contributed by atoms with E-state index in [0.717, 1.165) is 31.6 Å². The molecular formula is C29H29F2N3O2. The molecule has 5 rings (SSSR count). The van der Waals surface area contributed by atoms with Gasteiger partial charge in [-0.25, -0.2) is 13.8 Å². The monoisotopic (exact) mass is 489 g/mol. The van der Waals surface area contributed by atoms with Crippen molar-refractivity contribution in [3.8, 4) is 0 Å². The summed E-state index contributed by atoms with van der Waals surface area (Å²) in [6.07, 6.45) is 3.61. The van der Waals surface area contributed by atoms with Crippen molar-refractivity contribution in [3.05, 3.63) is 107 Å². The van der Waals surface area contributed by atoms with Crippen LogP contribution >= 0.6 is 0 Å². The van der Waals surface area contributed by atoms with E-state index >= 15 is 0 Å². The highest BCUT2D eigenvalue weighted by molar-refractivity contribution is 6.03. The largest absolute Gasteiger partial charge is 0.385 e. The number of hydrogen-bond acceptors (Lipinski definition) is 4. The molecule has 1 amide bonds. The van der Waals surface area contributed by atoms with Gasteiger partial charge >= 0.3 is 0 Å².